The molecule has 0 saturated carbocycles. The van der Waals surface area contributed by atoms with Crippen LogP contribution >= 0.6 is 0 Å². The average Bonchev–Trinajstić information content (AvgIpc) is 2.19. The maximum atomic E-state index is 11.1. The second-order valence-electron chi connectivity index (χ2n) is 2.17. The smallest absolute Gasteiger partial charge is 0.373 e. The first kappa shape index (κ1) is 9.18. The number of hydrogen-bond donors (Lipinski definition) is 1. The Kier molecular flexibility index (Phi) is 2.97. The van der Waals surface area contributed by atoms with Crippen LogP contribution in [0, 0.1) is 0 Å². The van der Waals surface area contributed by atoms with E-state index >= 15 is 0 Å². The summed E-state index contributed by atoms with van der Waals surface area (Å²) in [6.07, 6.45) is 2.07. The highest BCUT2D eigenvalue weighted by Crippen LogP contribution is 1.98. The Labute approximate surface area is 74.7 Å². The first-order valence-electron chi connectivity index (χ1n) is 3.58. The lowest BCUT2D eigenvalue weighted by Crippen LogP contribution is -2.22. The van der Waals surface area contributed by atoms with E-state index in [1.165, 1.54) is 25.5 Å². The molecule has 0 radical (unpaired) electrons. The van der Waals surface area contributed by atoms with Crippen molar-refractivity contribution in [3.63, 3.8) is 0 Å². The Morgan fingerprint density at radius 2 is 2.31 bits per heavy atom. The molecule has 0 spiro atoms. The zero-order valence-corrected chi connectivity index (χ0v) is 6.98. The quantitative estimate of drug-likeness (QED) is 0.507. The van der Waals surface area contributed by atoms with Gasteiger partial charge in [-0.25, -0.2) is 9.59 Å². The molecule has 0 fully saturated rings. The number of nitrogens with zero attached hydrogens (tertiary/aromatic N) is 1. The Bertz CT molecular complexity index is 310. The third kappa shape index (κ3) is 2.55. The van der Waals surface area contributed by atoms with Crippen LogP contribution in [-0.4, -0.2) is 24.1 Å². The van der Waals surface area contributed by atoms with Crippen molar-refractivity contribution in [3.8, 4) is 0 Å². The van der Waals surface area contributed by atoms with Crippen molar-refractivity contribution in [2.45, 2.75) is 0 Å². The van der Waals surface area contributed by atoms with Crippen molar-refractivity contribution in [2.24, 2.45) is 0 Å². The van der Waals surface area contributed by atoms with Crippen LogP contribution in [0.3, 0.4) is 0 Å². The molecule has 0 bridgehead atoms. The summed E-state index contributed by atoms with van der Waals surface area (Å²) in [6, 6.07) is 3.10. The summed E-state index contributed by atoms with van der Waals surface area (Å²) in [7, 11) is 1.37. The SMILES string of the molecule is CNC(=O)OC(=O)c1cccnc1. The van der Waals surface area contributed by atoms with Gasteiger partial charge in [0.2, 0.25) is 0 Å². The lowest BCUT2D eigenvalue weighted by Gasteiger charge is -2.00. The number of carbonyl (C=O) groups excluding carboxylic acids is 2. The van der Waals surface area contributed by atoms with Crippen LogP contribution in [0.5, 0.6) is 0 Å². The van der Waals surface area contributed by atoms with E-state index in [1.54, 1.807) is 6.07 Å². The van der Waals surface area contributed by atoms with Gasteiger partial charge in [-0.2, -0.15) is 0 Å². The Balaban J connectivity index is 2.65. The van der Waals surface area contributed by atoms with Gasteiger partial charge in [-0.3, -0.25) is 4.98 Å². The first-order chi connectivity index (χ1) is 6.24. The van der Waals surface area contributed by atoms with Gasteiger partial charge in [0.25, 0.3) is 0 Å². The molecule has 1 rings (SSSR count). The highest BCUT2D eigenvalue weighted by atomic mass is 16.6. The number of ether oxygens (including phenoxy) is 1. The predicted octanol–water partition coefficient (Wildman–Crippen LogP) is 0.578. The van der Waals surface area contributed by atoms with Crippen molar-refractivity contribution in [2.75, 3.05) is 7.05 Å². The monoisotopic (exact) mass is 180 g/mol. The summed E-state index contributed by atoms with van der Waals surface area (Å²) in [4.78, 5) is 25.4. The molecule has 68 valence electrons. The van der Waals surface area contributed by atoms with Crippen molar-refractivity contribution in [3.05, 3.63) is 30.1 Å². The molecule has 1 aromatic rings. The van der Waals surface area contributed by atoms with Crippen LogP contribution < -0.4 is 5.32 Å². The number of amides is 1. The second-order valence-corrected chi connectivity index (χ2v) is 2.17. The van der Waals surface area contributed by atoms with E-state index < -0.39 is 12.1 Å². The van der Waals surface area contributed by atoms with Crippen molar-refractivity contribution < 1.29 is 14.3 Å². The second kappa shape index (κ2) is 4.20. The molecular weight excluding hydrogens is 172 g/mol. The van der Waals surface area contributed by atoms with Gasteiger partial charge in [-0.05, 0) is 12.1 Å². The molecular formula is C8H8N2O3. The number of rotatable bonds is 1. The summed E-state index contributed by atoms with van der Waals surface area (Å²) in [6.45, 7) is 0. The number of pyridine rings is 1. The molecule has 1 amide bonds. The maximum Gasteiger partial charge on any atom is 0.414 e. The number of alkyl carbamates (subject to hydrolysis) is 1. The molecule has 1 aromatic heterocycles. The van der Waals surface area contributed by atoms with Crippen LogP contribution in [0.4, 0.5) is 4.79 Å². The lowest BCUT2D eigenvalue weighted by atomic mass is 10.3. The fraction of sp³-hybridized carbons (Fsp3) is 0.125. The number of esters is 1. The molecule has 13 heavy (non-hydrogen) atoms. The minimum Gasteiger partial charge on any atom is -0.373 e. The molecule has 0 aliphatic heterocycles. The molecule has 0 unspecified atom stereocenters. The van der Waals surface area contributed by atoms with Gasteiger partial charge in [0.15, 0.2) is 0 Å². The lowest BCUT2D eigenvalue weighted by molar-refractivity contribution is 0.0625. The number of nitrogens with one attached hydrogen (secondary N) is 1. The van der Waals surface area contributed by atoms with Crippen molar-refractivity contribution >= 4 is 12.1 Å². The van der Waals surface area contributed by atoms with E-state index in [2.05, 4.69) is 15.0 Å². The highest BCUT2D eigenvalue weighted by molar-refractivity contribution is 5.95. The minimum atomic E-state index is -0.783. The first-order valence-corrected chi connectivity index (χ1v) is 3.58. The van der Waals surface area contributed by atoms with E-state index in [0.29, 0.717) is 0 Å². The van der Waals surface area contributed by atoms with E-state index in [1.807, 2.05) is 0 Å². The largest absolute Gasteiger partial charge is 0.414 e. The van der Waals surface area contributed by atoms with E-state index in [0.717, 1.165) is 0 Å². The van der Waals surface area contributed by atoms with Gasteiger partial charge in [0.05, 0.1) is 5.56 Å². The molecule has 5 heteroatoms. The van der Waals surface area contributed by atoms with Crippen LogP contribution in [0.2, 0.25) is 0 Å². The molecule has 0 aromatic carbocycles. The normalized spacial score (nSPS) is 9.00. The average molecular weight is 180 g/mol. The van der Waals surface area contributed by atoms with Crippen LogP contribution in [0.25, 0.3) is 0 Å². The van der Waals surface area contributed by atoms with Gasteiger partial charge in [0, 0.05) is 19.4 Å². The van der Waals surface area contributed by atoms with Gasteiger partial charge in [-0.1, -0.05) is 0 Å². The molecule has 0 atom stereocenters. The minimum absolute atomic E-state index is 0.242. The highest BCUT2D eigenvalue weighted by Gasteiger charge is 2.10. The van der Waals surface area contributed by atoms with E-state index in [4.69, 9.17) is 0 Å². The topological polar surface area (TPSA) is 68.3 Å². The summed E-state index contributed by atoms with van der Waals surface area (Å²) >= 11 is 0. The van der Waals surface area contributed by atoms with Crippen molar-refractivity contribution in [1.82, 2.24) is 10.3 Å². The molecule has 0 aliphatic rings. The molecule has 1 N–H and O–H groups in total. The third-order valence-electron chi connectivity index (χ3n) is 1.29. The van der Waals surface area contributed by atoms with E-state index in [-0.39, 0.29) is 5.56 Å². The van der Waals surface area contributed by atoms with E-state index in [9.17, 15) is 9.59 Å². The predicted molar refractivity (Wildman–Crippen MR) is 44.1 cm³/mol. The third-order valence-corrected chi connectivity index (χ3v) is 1.29. The number of aromatic nitrogens is 1. The fourth-order valence-electron chi connectivity index (χ4n) is 0.678. The Morgan fingerprint density at radius 1 is 1.54 bits per heavy atom. The molecule has 0 saturated heterocycles. The standard InChI is InChI=1S/C8H8N2O3/c1-9-8(12)13-7(11)6-3-2-4-10-5-6/h2-5H,1H3,(H,9,12). The molecule has 5 nitrogen and oxygen atoms in total. The van der Waals surface area contributed by atoms with Gasteiger partial charge < -0.3 is 10.1 Å². The fourth-order valence-corrected chi connectivity index (χ4v) is 0.678. The summed E-state index contributed by atoms with van der Waals surface area (Å²) in [5.41, 5.74) is 0.242. The zero-order chi connectivity index (χ0) is 9.68. The molecule has 0 aliphatic carbocycles. The zero-order valence-electron chi connectivity index (χ0n) is 6.98. The number of carbonyl (C=O) groups is 2. The number of hydrogen-bond acceptors (Lipinski definition) is 4. The molecule has 1 heterocycles. The summed E-state index contributed by atoms with van der Waals surface area (Å²) < 4.78 is 4.36. The maximum absolute atomic E-state index is 11.1. The van der Waals surface area contributed by atoms with Gasteiger partial charge >= 0.3 is 12.1 Å². The Morgan fingerprint density at radius 3 is 2.85 bits per heavy atom. The van der Waals surface area contributed by atoms with Crippen LogP contribution in [0.1, 0.15) is 10.4 Å². The summed E-state index contributed by atoms with van der Waals surface area (Å²) in [5, 5.41) is 2.16. The van der Waals surface area contributed by atoms with Crippen LogP contribution in [-0.2, 0) is 4.74 Å². The summed E-state index contributed by atoms with van der Waals surface area (Å²) in [5.74, 6) is -0.715. The van der Waals surface area contributed by atoms with Gasteiger partial charge in [0.1, 0.15) is 0 Å². The van der Waals surface area contributed by atoms with Crippen LogP contribution in [0.15, 0.2) is 24.5 Å². The Hall–Kier alpha value is -1.91. The van der Waals surface area contributed by atoms with Gasteiger partial charge in [-0.15, -0.1) is 0 Å². The van der Waals surface area contributed by atoms with Crippen molar-refractivity contribution in [1.29, 1.82) is 0 Å².